The molecule has 1 N–H and O–H groups in total. The third-order valence-electron chi connectivity index (χ3n) is 4.97. The lowest BCUT2D eigenvalue weighted by Crippen LogP contribution is -2.54. The summed E-state index contributed by atoms with van der Waals surface area (Å²) in [7, 11) is -2.19. The number of hydrogen-bond acceptors (Lipinski definition) is 5. The van der Waals surface area contributed by atoms with Crippen LogP contribution in [0.3, 0.4) is 0 Å². The molecule has 0 aliphatic carbocycles. The summed E-state index contributed by atoms with van der Waals surface area (Å²) in [6.07, 6.45) is 1.06. The Balaban J connectivity index is 2.38. The zero-order chi connectivity index (χ0) is 25.7. The number of methoxy groups -OCH3 is 1. The molecule has 10 heteroatoms. The molecule has 0 bridgehead atoms. The Morgan fingerprint density at radius 3 is 2.09 bits per heavy atom. The minimum absolute atomic E-state index is 0.131. The largest absolute Gasteiger partial charge is 0.497 e. The Bertz CT molecular complexity index is 1100. The van der Waals surface area contributed by atoms with Crippen LogP contribution in [-0.4, -0.2) is 56.6 Å². The molecule has 2 aromatic carbocycles. The Morgan fingerprint density at radius 1 is 1.06 bits per heavy atom. The van der Waals surface area contributed by atoms with Crippen LogP contribution in [0.15, 0.2) is 48.5 Å². The van der Waals surface area contributed by atoms with Crippen molar-refractivity contribution in [3.63, 3.8) is 0 Å². The highest BCUT2D eigenvalue weighted by molar-refractivity contribution is 14.1. The number of amides is 2. The van der Waals surface area contributed by atoms with Gasteiger partial charge in [-0.3, -0.25) is 13.9 Å². The molecular weight excluding hydrogens is 569 g/mol. The summed E-state index contributed by atoms with van der Waals surface area (Å²) in [6, 6.07) is 13.2. The summed E-state index contributed by atoms with van der Waals surface area (Å²) < 4.78 is 32.3. The summed E-state index contributed by atoms with van der Waals surface area (Å²) in [5.41, 5.74) is 0.678. The molecule has 0 aliphatic rings. The number of halogens is 1. The number of sulfonamides is 1. The van der Waals surface area contributed by atoms with Gasteiger partial charge in [0.2, 0.25) is 21.8 Å². The van der Waals surface area contributed by atoms with E-state index in [0.717, 1.165) is 19.7 Å². The molecule has 0 fully saturated rings. The molecule has 34 heavy (non-hydrogen) atoms. The first-order chi connectivity index (χ1) is 15.7. The van der Waals surface area contributed by atoms with Crippen molar-refractivity contribution >= 4 is 50.1 Å². The van der Waals surface area contributed by atoms with Gasteiger partial charge in [0.05, 0.1) is 19.1 Å². The average molecular weight is 602 g/mol. The maximum absolute atomic E-state index is 13.5. The Hall–Kier alpha value is -2.34. The Kier molecular flexibility index (Phi) is 9.35. The van der Waals surface area contributed by atoms with E-state index in [-0.39, 0.29) is 12.5 Å². The van der Waals surface area contributed by atoms with Crippen LogP contribution in [0.1, 0.15) is 33.3 Å². The Labute approximate surface area is 215 Å². The lowest BCUT2D eigenvalue weighted by molar-refractivity contribution is -0.140. The maximum Gasteiger partial charge on any atom is 0.244 e. The number of hydrogen-bond donors (Lipinski definition) is 1. The first-order valence-electron chi connectivity index (χ1n) is 10.7. The predicted octanol–water partition coefficient (Wildman–Crippen LogP) is 3.40. The number of carbonyl (C=O) groups is 2. The molecule has 0 radical (unpaired) electrons. The summed E-state index contributed by atoms with van der Waals surface area (Å²) in [4.78, 5) is 27.8. The van der Waals surface area contributed by atoms with Gasteiger partial charge >= 0.3 is 0 Å². The van der Waals surface area contributed by atoms with Crippen molar-refractivity contribution in [2.45, 2.75) is 45.8 Å². The Morgan fingerprint density at radius 2 is 1.62 bits per heavy atom. The third-order valence-corrected chi connectivity index (χ3v) is 6.83. The van der Waals surface area contributed by atoms with Crippen molar-refractivity contribution in [1.82, 2.24) is 10.2 Å². The second-order valence-electron chi connectivity index (χ2n) is 9.03. The second kappa shape index (κ2) is 11.4. The minimum atomic E-state index is -3.75. The van der Waals surface area contributed by atoms with E-state index in [4.69, 9.17) is 4.74 Å². The van der Waals surface area contributed by atoms with E-state index in [1.54, 1.807) is 62.6 Å². The number of nitrogens with zero attached hydrogens (tertiary/aromatic N) is 2. The van der Waals surface area contributed by atoms with Gasteiger partial charge in [0.1, 0.15) is 18.3 Å². The number of benzene rings is 2. The van der Waals surface area contributed by atoms with Crippen LogP contribution < -0.4 is 14.4 Å². The molecule has 0 saturated heterocycles. The zero-order valence-electron chi connectivity index (χ0n) is 20.3. The van der Waals surface area contributed by atoms with Gasteiger partial charge in [-0.25, -0.2) is 8.42 Å². The first kappa shape index (κ1) is 27.9. The van der Waals surface area contributed by atoms with Gasteiger partial charge in [-0.1, -0.05) is 12.1 Å². The van der Waals surface area contributed by atoms with Gasteiger partial charge in [-0.2, -0.15) is 0 Å². The van der Waals surface area contributed by atoms with Crippen LogP contribution in [0.2, 0.25) is 0 Å². The number of carbonyl (C=O) groups excluding carboxylic acids is 2. The van der Waals surface area contributed by atoms with E-state index in [9.17, 15) is 18.0 Å². The highest BCUT2D eigenvalue weighted by atomic mass is 127. The van der Waals surface area contributed by atoms with Gasteiger partial charge < -0.3 is 15.0 Å². The van der Waals surface area contributed by atoms with Crippen molar-refractivity contribution in [1.29, 1.82) is 0 Å². The summed E-state index contributed by atoms with van der Waals surface area (Å²) in [6.45, 7) is 6.91. The van der Waals surface area contributed by atoms with Crippen molar-refractivity contribution in [2.24, 2.45) is 0 Å². The molecule has 186 valence electrons. The van der Waals surface area contributed by atoms with Crippen LogP contribution in [0.5, 0.6) is 5.75 Å². The molecule has 8 nitrogen and oxygen atoms in total. The average Bonchev–Trinajstić information content (AvgIpc) is 2.74. The predicted molar refractivity (Wildman–Crippen MR) is 142 cm³/mol. The fourth-order valence-corrected chi connectivity index (χ4v) is 4.41. The summed E-state index contributed by atoms with van der Waals surface area (Å²) in [5, 5.41) is 2.89. The van der Waals surface area contributed by atoms with Gasteiger partial charge in [-0.15, -0.1) is 0 Å². The van der Waals surface area contributed by atoms with E-state index < -0.39 is 34.1 Å². The lowest BCUT2D eigenvalue weighted by Gasteiger charge is -2.33. The topological polar surface area (TPSA) is 96.0 Å². The molecule has 0 aliphatic heterocycles. The van der Waals surface area contributed by atoms with Gasteiger partial charge in [0.15, 0.2) is 0 Å². The molecule has 2 aromatic rings. The van der Waals surface area contributed by atoms with Gasteiger partial charge in [-0.05, 0) is 92.2 Å². The van der Waals surface area contributed by atoms with E-state index >= 15 is 0 Å². The molecule has 0 aromatic heterocycles. The molecule has 0 saturated carbocycles. The van der Waals surface area contributed by atoms with Crippen LogP contribution in [0.25, 0.3) is 0 Å². The number of nitrogens with one attached hydrogen (secondary N) is 1. The fourth-order valence-electron chi connectivity index (χ4n) is 3.21. The smallest absolute Gasteiger partial charge is 0.244 e. The SMILES string of the molecule is COc1ccc(CN(C(=O)CN(c2ccc(I)cc2)S(C)(=O)=O)[C@@H](C)C(=O)NC(C)(C)C)cc1. The second-order valence-corrected chi connectivity index (χ2v) is 12.2. The van der Waals surface area contributed by atoms with Gasteiger partial charge in [0.25, 0.3) is 0 Å². The van der Waals surface area contributed by atoms with Crippen molar-refractivity contribution in [2.75, 3.05) is 24.2 Å². The summed E-state index contributed by atoms with van der Waals surface area (Å²) in [5.74, 6) is -0.145. The highest BCUT2D eigenvalue weighted by Gasteiger charge is 2.31. The lowest BCUT2D eigenvalue weighted by atomic mass is 10.1. The van der Waals surface area contributed by atoms with Gasteiger partial charge in [0, 0.05) is 15.7 Å². The van der Waals surface area contributed by atoms with Crippen molar-refractivity contribution in [3.8, 4) is 5.75 Å². The molecule has 2 rings (SSSR count). The molecule has 1 atom stereocenters. The van der Waals surface area contributed by atoms with E-state index in [1.807, 2.05) is 20.8 Å². The van der Waals surface area contributed by atoms with E-state index in [0.29, 0.717) is 11.4 Å². The molecule has 0 unspecified atom stereocenters. The standard InChI is InChI=1S/C24H32IN3O5S/c1-17(23(30)26-24(2,3)4)27(15-18-7-13-21(33-5)14-8-18)22(29)16-28(34(6,31)32)20-11-9-19(25)10-12-20/h7-14,17H,15-16H2,1-6H3,(H,26,30)/t17-/m0/s1. The zero-order valence-corrected chi connectivity index (χ0v) is 23.3. The molecular formula is C24H32IN3O5S. The third kappa shape index (κ3) is 8.15. The molecule has 2 amide bonds. The minimum Gasteiger partial charge on any atom is -0.497 e. The van der Waals surface area contributed by atoms with Crippen LogP contribution in [0.4, 0.5) is 5.69 Å². The normalized spacial score (nSPS) is 12.6. The van der Waals surface area contributed by atoms with Crippen LogP contribution in [0, 0.1) is 3.57 Å². The number of rotatable bonds is 9. The maximum atomic E-state index is 13.5. The van der Waals surface area contributed by atoms with E-state index in [2.05, 4.69) is 27.9 Å². The monoisotopic (exact) mass is 601 g/mol. The van der Waals surface area contributed by atoms with Crippen molar-refractivity contribution in [3.05, 3.63) is 57.7 Å². The van der Waals surface area contributed by atoms with Crippen LogP contribution >= 0.6 is 22.6 Å². The van der Waals surface area contributed by atoms with E-state index in [1.165, 1.54) is 4.90 Å². The number of anilines is 1. The van der Waals surface area contributed by atoms with Crippen molar-refractivity contribution < 1.29 is 22.7 Å². The molecule has 0 heterocycles. The highest BCUT2D eigenvalue weighted by Crippen LogP contribution is 2.21. The first-order valence-corrected chi connectivity index (χ1v) is 13.6. The molecule has 0 spiro atoms. The fraction of sp³-hybridized carbons (Fsp3) is 0.417. The number of ether oxygens (including phenoxy) is 1. The quantitative estimate of drug-likeness (QED) is 0.445. The van der Waals surface area contributed by atoms with Crippen LogP contribution in [-0.2, 0) is 26.2 Å². The summed E-state index contributed by atoms with van der Waals surface area (Å²) >= 11 is 2.12.